The van der Waals surface area contributed by atoms with Gasteiger partial charge in [-0.05, 0) is 52.0 Å². The van der Waals surface area contributed by atoms with E-state index in [1.807, 2.05) is 26.0 Å². The van der Waals surface area contributed by atoms with Crippen molar-refractivity contribution in [2.24, 2.45) is 5.92 Å². The van der Waals surface area contributed by atoms with Crippen LogP contribution in [-0.4, -0.2) is 84.9 Å². The summed E-state index contributed by atoms with van der Waals surface area (Å²) in [5.74, 6) is -0.696. The van der Waals surface area contributed by atoms with E-state index in [4.69, 9.17) is 23.7 Å². The van der Waals surface area contributed by atoms with Crippen molar-refractivity contribution in [3.05, 3.63) is 36.0 Å². The fraction of sp³-hybridized carbons (Fsp3) is 0.700. The summed E-state index contributed by atoms with van der Waals surface area (Å²) < 4.78 is 27.7. The summed E-state index contributed by atoms with van der Waals surface area (Å²) in [6.45, 7) is 9.58. The van der Waals surface area contributed by atoms with E-state index in [9.17, 15) is 19.5 Å². The number of carbonyl (C=O) groups is 3. The van der Waals surface area contributed by atoms with Crippen LogP contribution >= 0.6 is 0 Å². The number of carbonyl (C=O) groups excluding carboxylic acids is 3. The molecule has 0 unspecified atom stereocenters. The van der Waals surface area contributed by atoms with Crippen LogP contribution in [0, 0.1) is 5.92 Å². The second kappa shape index (κ2) is 14.4. The fourth-order valence-electron chi connectivity index (χ4n) is 5.32. The maximum atomic E-state index is 12.4. The fourth-order valence-corrected chi connectivity index (χ4v) is 5.32. The van der Waals surface area contributed by atoms with Gasteiger partial charge >= 0.3 is 11.9 Å². The molecule has 2 N–H and O–H groups in total. The molecule has 0 aliphatic carbocycles. The van der Waals surface area contributed by atoms with Crippen molar-refractivity contribution in [3.63, 3.8) is 0 Å². The van der Waals surface area contributed by atoms with E-state index in [1.54, 1.807) is 13.0 Å². The number of rotatable bonds is 11. The molecule has 0 aromatic rings. The van der Waals surface area contributed by atoms with Crippen LogP contribution in [0.4, 0.5) is 0 Å². The molecule has 10 heteroatoms. The maximum Gasteiger partial charge on any atom is 0.305 e. The average molecular weight is 564 g/mol. The predicted octanol–water partition coefficient (Wildman–Crippen LogP) is 2.93. The number of amides is 1. The second-order valence-electron chi connectivity index (χ2n) is 11.3. The minimum Gasteiger partial charge on any atom is -0.469 e. The van der Waals surface area contributed by atoms with Gasteiger partial charge < -0.3 is 34.1 Å². The topological polar surface area (TPSA) is 133 Å². The Morgan fingerprint density at radius 2 is 1.90 bits per heavy atom. The van der Waals surface area contributed by atoms with E-state index < -0.39 is 29.9 Å². The van der Waals surface area contributed by atoms with Crippen LogP contribution in [0.5, 0.6) is 0 Å². The van der Waals surface area contributed by atoms with Crippen molar-refractivity contribution >= 4 is 17.8 Å². The molecule has 3 aliphatic rings. The monoisotopic (exact) mass is 563 g/mol. The molecule has 9 atom stereocenters. The molecule has 0 saturated carbocycles. The van der Waals surface area contributed by atoms with Gasteiger partial charge in [-0.15, -0.1) is 0 Å². The molecule has 3 aliphatic heterocycles. The number of aliphatic hydroxyl groups excluding tert-OH is 1. The van der Waals surface area contributed by atoms with E-state index in [0.29, 0.717) is 25.9 Å². The van der Waals surface area contributed by atoms with Gasteiger partial charge in [0, 0.05) is 25.8 Å². The molecule has 3 fully saturated rings. The number of hydrogen-bond donors (Lipinski definition) is 2. The van der Waals surface area contributed by atoms with Crippen LogP contribution in [0.2, 0.25) is 0 Å². The lowest BCUT2D eigenvalue weighted by atomic mass is 9.87. The number of hydrogen-bond acceptors (Lipinski definition) is 9. The molecule has 0 bridgehead atoms. The summed E-state index contributed by atoms with van der Waals surface area (Å²) in [6, 6.07) is -0.119. The summed E-state index contributed by atoms with van der Waals surface area (Å²) in [6.07, 6.45) is 9.58. The first-order chi connectivity index (χ1) is 18.9. The van der Waals surface area contributed by atoms with Gasteiger partial charge in [0.05, 0.1) is 38.1 Å². The van der Waals surface area contributed by atoms with E-state index in [2.05, 4.69) is 18.3 Å². The lowest BCUT2D eigenvalue weighted by Gasteiger charge is -2.39. The lowest BCUT2D eigenvalue weighted by Crippen LogP contribution is -2.50. The molecular weight excluding hydrogens is 518 g/mol. The summed E-state index contributed by atoms with van der Waals surface area (Å²) in [5, 5.41) is 13.8. The number of epoxide rings is 1. The Bertz CT molecular complexity index is 986. The van der Waals surface area contributed by atoms with Gasteiger partial charge in [-0.25, -0.2) is 0 Å². The minimum atomic E-state index is -0.764. The zero-order chi connectivity index (χ0) is 29.4. The smallest absolute Gasteiger partial charge is 0.305 e. The highest BCUT2D eigenvalue weighted by molar-refractivity contribution is 5.87. The van der Waals surface area contributed by atoms with Gasteiger partial charge in [-0.2, -0.15) is 0 Å². The quantitative estimate of drug-likeness (QED) is 0.168. The third-order valence-electron chi connectivity index (χ3n) is 7.82. The van der Waals surface area contributed by atoms with E-state index in [-0.39, 0.29) is 48.6 Å². The summed E-state index contributed by atoms with van der Waals surface area (Å²) in [4.78, 5) is 34.9. The molecule has 0 radical (unpaired) electrons. The number of ether oxygens (including phenoxy) is 5. The van der Waals surface area contributed by atoms with Crippen molar-refractivity contribution < 1.29 is 43.2 Å². The molecule has 0 aromatic heterocycles. The van der Waals surface area contributed by atoms with Gasteiger partial charge in [-0.1, -0.05) is 30.7 Å². The highest BCUT2D eigenvalue weighted by Crippen LogP contribution is 2.43. The SMILES string of the molecule is COC(=O)CC[C@@H]1C[C@@]2(CO2)[C@H](O)[C@@H](/C=C/C(C)=C/C[C@@H]2O[C@H](C)[C@H](NC(=O)/C=C\[C@H](C)OC(C)=O)C[C@@H]2C)O1. The summed E-state index contributed by atoms with van der Waals surface area (Å²) in [5.41, 5.74) is 0.430. The second-order valence-corrected chi connectivity index (χ2v) is 11.3. The molecular formula is C30H45NO9. The lowest BCUT2D eigenvalue weighted by molar-refractivity contribution is -0.148. The van der Waals surface area contributed by atoms with Crippen LogP contribution < -0.4 is 5.32 Å². The highest BCUT2D eigenvalue weighted by atomic mass is 16.6. The minimum absolute atomic E-state index is 0.00777. The van der Waals surface area contributed by atoms with Crippen molar-refractivity contribution in [1.82, 2.24) is 5.32 Å². The molecule has 0 aromatic carbocycles. The number of aliphatic hydroxyl groups is 1. The Balaban J connectivity index is 1.49. The van der Waals surface area contributed by atoms with Crippen LogP contribution in [0.15, 0.2) is 36.0 Å². The number of esters is 2. The van der Waals surface area contributed by atoms with Crippen molar-refractivity contribution in [2.75, 3.05) is 13.7 Å². The Kier molecular flexibility index (Phi) is 11.5. The standard InChI is InChI=1S/C30H45NO9/c1-18(8-12-26-29(35)30(17-37-30)16-23(40-26)10-14-28(34)36-6)7-11-25-19(2)15-24(21(4)39-25)31-27(33)13-9-20(3)38-22(5)32/h7-9,12-13,19-21,23-26,29,35H,10-11,14-17H2,1-6H3,(H,31,33)/b12-8+,13-9-,18-7+/t19-,20-,21+,23+,24+,25-,26+,29+,30+/m0/s1. The molecule has 40 heavy (non-hydrogen) atoms. The van der Waals surface area contributed by atoms with E-state index in [1.165, 1.54) is 20.1 Å². The first-order valence-electron chi connectivity index (χ1n) is 14.1. The van der Waals surface area contributed by atoms with Gasteiger partial charge in [-0.3, -0.25) is 14.4 Å². The van der Waals surface area contributed by atoms with Crippen LogP contribution in [0.1, 0.15) is 66.7 Å². The Morgan fingerprint density at radius 1 is 1.18 bits per heavy atom. The number of allylic oxidation sites excluding steroid dienone is 2. The van der Waals surface area contributed by atoms with Crippen LogP contribution in [0.25, 0.3) is 0 Å². The van der Waals surface area contributed by atoms with Gasteiger partial charge in [0.2, 0.25) is 5.91 Å². The third kappa shape index (κ3) is 9.26. The Morgan fingerprint density at radius 3 is 2.55 bits per heavy atom. The average Bonchev–Trinajstić information content (AvgIpc) is 3.67. The van der Waals surface area contributed by atoms with Crippen LogP contribution in [-0.2, 0) is 38.1 Å². The summed E-state index contributed by atoms with van der Waals surface area (Å²) >= 11 is 0. The predicted molar refractivity (Wildman–Crippen MR) is 147 cm³/mol. The Hall–Kier alpha value is -2.53. The molecule has 10 nitrogen and oxygen atoms in total. The van der Waals surface area contributed by atoms with Crippen molar-refractivity contribution in [3.8, 4) is 0 Å². The largest absolute Gasteiger partial charge is 0.469 e. The normalized spacial score (nSPS) is 35.1. The molecule has 1 spiro atoms. The van der Waals surface area contributed by atoms with Gasteiger partial charge in [0.1, 0.15) is 23.9 Å². The number of methoxy groups -OCH3 is 1. The molecule has 224 valence electrons. The highest BCUT2D eigenvalue weighted by Gasteiger charge is 2.58. The number of nitrogens with one attached hydrogen (secondary N) is 1. The van der Waals surface area contributed by atoms with E-state index >= 15 is 0 Å². The van der Waals surface area contributed by atoms with Gasteiger partial charge in [0.25, 0.3) is 0 Å². The van der Waals surface area contributed by atoms with E-state index in [0.717, 1.165) is 12.0 Å². The van der Waals surface area contributed by atoms with Crippen LogP contribution in [0.3, 0.4) is 0 Å². The maximum absolute atomic E-state index is 12.4. The molecule has 1 amide bonds. The molecule has 3 saturated heterocycles. The third-order valence-corrected chi connectivity index (χ3v) is 7.82. The van der Waals surface area contributed by atoms with Crippen molar-refractivity contribution in [2.45, 2.75) is 115 Å². The zero-order valence-corrected chi connectivity index (χ0v) is 24.5. The molecule has 3 rings (SSSR count). The van der Waals surface area contributed by atoms with Crippen molar-refractivity contribution in [1.29, 1.82) is 0 Å². The first-order valence-corrected chi connectivity index (χ1v) is 14.1. The summed E-state index contributed by atoms with van der Waals surface area (Å²) in [7, 11) is 1.37. The molecule has 3 heterocycles. The Labute approximate surface area is 237 Å². The zero-order valence-electron chi connectivity index (χ0n) is 24.5. The first kappa shape index (κ1) is 32.0. The van der Waals surface area contributed by atoms with Gasteiger partial charge in [0.15, 0.2) is 0 Å².